The van der Waals surface area contributed by atoms with Crippen molar-refractivity contribution in [2.75, 3.05) is 13.1 Å². The van der Waals surface area contributed by atoms with Crippen LogP contribution in [0.2, 0.25) is 0 Å². The predicted octanol–water partition coefficient (Wildman–Crippen LogP) is 0.658. The predicted molar refractivity (Wildman–Crippen MR) is 78.6 cm³/mol. The first-order valence-electron chi connectivity index (χ1n) is 6.77. The molecule has 0 saturated carbocycles. The number of benzene rings is 1. The van der Waals surface area contributed by atoms with Crippen molar-refractivity contribution in [3.8, 4) is 0 Å². The lowest BCUT2D eigenvalue weighted by Gasteiger charge is -2.23. The van der Waals surface area contributed by atoms with Crippen LogP contribution in [0.5, 0.6) is 0 Å². The minimum Gasteiger partial charge on any atom is -0.368 e. The quantitative estimate of drug-likeness (QED) is 0.767. The van der Waals surface area contributed by atoms with Crippen molar-refractivity contribution < 1.29 is 9.59 Å². The van der Waals surface area contributed by atoms with E-state index in [1.54, 1.807) is 0 Å². The molecule has 1 rings (SSSR count). The molecule has 0 saturated heterocycles. The van der Waals surface area contributed by atoms with Gasteiger partial charge in [-0.15, -0.1) is 0 Å². The highest BCUT2D eigenvalue weighted by molar-refractivity contribution is 5.85. The number of carbonyl (C=O) groups excluding carboxylic acids is 2. The highest BCUT2D eigenvalue weighted by Crippen LogP contribution is 2.11. The zero-order valence-corrected chi connectivity index (χ0v) is 12.1. The van der Waals surface area contributed by atoms with Crippen LogP contribution >= 0.6 is 0 Å². The molecule has 0 atom stereocenters. The number of hydrogen-bond donors (Lipinski definition) is 2. The van der Waals surface area contributed by atoms with E-state index in [4.69, 9.17) is 11.5 Å². The summed E-state index contributed by atoms with van der Waals surface area (Å²) in [4.78, 5) is 24.9. The second kappa shape index (κ2) is 7.65. The number of hydrogen-bond acceptors (Lipinski definition) is 3. The third-order valence-electron chi connectivity index (χ3n) is 2.96. The van der Waals surface area contributed by atoms with Crippen LogP contribution in [-0.2, 0) is 22.6 Å². The molecule has 0 bridgehead atoms. The average molecular weight is 277 g/mol. The molecule has 0 aliphatic heterocycles. The Hall–Kier alpha value is -1.88. The monoisotopic (exact) mass is 277 g/mol. The molecule has 0 aliphatic rings. The van der Waals surface area contributed by atoms with Crippen molar-refractivity contribution in [2.24, 2.45) is 17.4 Å². The number of carbonyl (C=O) groups is 2. The first kappa shape index (κ1) is 16.2. The van der Waals surface area contributed by atoms with E-state index in [1.807, 2.05) is 38.1 Å². The molecule has 0 spiro atoms. The minimum absolute atomic E-state index is 0.0399. The summed E-state index contributed by atoms with van der Waals surface area (Å²) in [5.74, 6) is -0.312. The van der Waals surface area contributed by atoms with Gasteiger partial charge in [0.2, 0.25) is 11.8 Å². The van der Waals surface area contributed by atoms with Crippen LogP contribution in [0.15, 0.2) is 24.3 Å². The van der Waals surface area contributed by atoms with Crippen molar-refractivity contribution in [3.63, 3.8) is 0 Å². The molecule has 0 aromatic heterocycles. The number of rotatable bonds is 7. The van der Waals surface area contributed by atoms with Crippen LogP contribution < -0.4 is 11.5 Å². The van der Waals surface area contributed by atoms with Gasteiger partial charge in [0.1, 0.15) is 0 Å². The van der Waals surface area contributed by atoms with Crippen LogP contribution in [-0.4, -0.2) is 29.8 Å². The Kier molecular flexibility index (Phi) is 6.18. The fourth-order valence-corrected chi connectivity index (χ4v) is 2.09. The van der Waals surface area contributed by atoms with Gasteiger partial charge < -0.3 is 16.4 Å². The molecule has 20 heavy (non-hydrogen) atoms. The number of amides is 2. The molecule has 0 fully saturated rings. The SMILES string of the molecule is CC(C)CN(CC(N)=O)C(=O)Cc1ccccc1CN. The van der Waals surface area contributed by atoms with E-state index in [2.05, 4.69) is 0 Å². The molecule has 5 nitrogen and oxygen atoms in total. The summed E-state index contributed by atoms with van der Waals surface area (Å²) in [7, 11) is 0. The summed E-state index contributed by atoms with van der Waals surface area (Å²) < 4.78 is 0. The fraction of sp³-hybridized carbons (Fsp3) is 0.467. The third-order valence-corrected chi connectivity index (χ3v) is 2.96. The zero-order valence-electron chi connectivity index (χ0n) is 12.1. The van der Waals surface area contributed by atoms with E-state index >= 15 is 0 Å². The Morgan fingerprint density at radius 1 is 1.20 bits per heavy atom. The van der Waals surface area contributed by atoms with E-state index < -0.39 is 5.91 Å². The molecular formula is C15H23N3O2. The molecule has 0 radical (unpaired) electrons. The topological polar surface area (TPSA) is 89.4 Å². The molecule has 0 aliphatic carbocycles. The van der Waals surface area contributed by atoms with Crippen LogP contribution in [0.3, 0.4) is 0 Å². The molecule has 1 aromatic carbocycles. The van der Waals surface area contributed by atoms with Gasteiger partial charge >= 0.3 is 0 Å². The molecule has 0 unspecified atom stereocenters. The minimum atomic E-state index is -0.494. The maximum Gasteiger partial charge on any atom is 0.237 e. The molecule has 110 valence electrons. The van der Waals surface area contributed by atoms with Gasteiger partial charge in [0.15, 0.2) is 0 Å². The maximum atomic E-state index is 12.3. The van der Waals surface area contributed by atoms with E-state index in [0.717, 1.165) is 11.1 Å². The van der Waals surface area contributed by atoms with Crippen molar-refractivity contribution in [2.45, 2.75) is 26.8 Å². The van der Waals surface area contributed by atoms with Crippen LogP contribution in [0.4, 0.5) is 0 Å². The Bertz CT molecular complexity index is 472. The summed E-state index contributed by atoms with van der Waals surface area (Å²) in [6.07, 6.45) is 0.243. The second-order valence-corrected chi connectivity index (χ2v) is 5.28. The van der Waals surface area contributed by atoms with Gasteiger partial charge in [0, 0.05) is 13.1 Å². The van der Waals surface area contributed by atoms with Gasteiger partial charge in [-0.25, -0.2) is 0 Å². The number of nitrogens with zero attached hydrogens (tertiary/aromatic N) is 1. The van der Waals surface area contributed by atoms with Gasteiger partial charge in [-0.1, -0.05) is 38.1 Å². The molecule has 1 aromatic rings. The van der Waals surface area contributed by atoms with Crippen molar-refractivity contribution in [3.05, 3.63) is 35.4 Å². The first-order chi connectivity index (χ1) is 9.43. The van der Waals surface area contributed by atoms with E-state index in [1.165, 1.54) is 4.90 Å². The summed E-state index contributed by atoms with van der Waals surface area (Å²) in [5.41, 5.74) is 12.7. The van der Waals surface area contributed by atoms with Crippen LogP contribution in [0.25, 0.3) is 0 Å². The van der Waals surface area contributed by atoms with Crippen molar-refractivity contribution in [1.29, 1.82) is 0 Å². The van der Waals surface area contributed by atoms with Gasteiger partial charge in [0.25, 0.3) is 0 Å². The highest BCUT2D eigenvalue weighted by Gasteiger charge is 2.18. The molecular weight excluding hydrogens is 254 g/mol. The van der Waals surface area contributed by atoms with Gasteiger partial charge in [-0.3, -0.25) is 9.59 Å². The smallest absolute Gasteiger partial charge is 0.237 e. The Morgan fingerprint density at radius 2 is 1.80 bits per heavy atom. The van der Waals surface area contributed by atoms with Gasteiger partial charge in [0.05, 0.1) is 13.0 Å². The van der Waals surface area contributed by atoms with E-state index in [9.17, 15) is 9.59 Å². The summed E-state index contributed by atoms with van der Waals surface area (Å²) in [5, 5.41) is 0. The molecule has 0 heterocycles. The lowest BCUT2D eigenvalue weighted by molar-refractivity contribution is -0.135. The molecule has 2 amide bonds. The lowest BCUT2D eigenvalue weighted by atomic mass is 10.0. The standard InChI is InChI=1S/C15H23N3O2/c1-11(2)9-18(10-14(17)19)15(20)7-12-5-3-4-6-13(12)8-16/h3-6,11H,7-10,16H2,1-2H3,(H2,17,19). The first-order valence-corrected chi connectivity index (χ1v) is 6.77. The molecule has 5 heteroatoms. The lowest BCUT2D eigenvalue weighted by Crippen LogP contribution is -2.41. The normalized spacial score (nSPS) is 10.6. The van der Waals surface area contributed by atoms with E-state index in [0.29, 0.717) is 13.1 Å². The van der Waals surface area contributed by atoms with Gasteiger partial charge in [-0.05, 0) is 17.0 Å². The average Bonchev–Trinajstić information content (AvgIpc) is 2.37. The van der Waals surface area contributed by atoms with Crippen molar-refractivity contribution >= 4 is 11.8 Å². The van der Waals surface area contributed by atoms with E-state index in [-0.39, 0.29) is 24.8 Å². The summed E-state index contributed by atoms with van der Waals surface area (Å²) in [6.45, 7) is 4.86. The third kappa shape index (κ3) is 5.01. The van der Waals surface area contributed by atoms with Gasteiger partial charge in [-0.2, -0.15) is 0 Å². The van der Waals surface area contributed by atoms with Crippen LogP contribution in [0, 0.1) is 5.92 Å². The largest absolute Gasteiger partial charge is 0.368 e. The maximum absolute atomic E-state index is 12.3. The van der Waals surface area contributed by atoms with Crippen molar-refractivity contribution in [1.82, 2.24) is 4.90 Å². The Morgan fingerprint density at radius 3 is 2.30 bits per heavy atom. The highest BCUT2D eigenvalue weighted by atomic mass is 16.2. The Balaban J connectivity index is 2.81. The fourth-order valence-electron chi connectivity index (χ4n) is 2.09. The Labute approximate surface area is 119 Å². The summed E-state index contributed by atoms with van der Waals surface area (Å²) in [6, 6.07) is 7.56. The zero-order chi connectivity index (χ0) is 15.1. The van der Waals surface area contributed by atoms with Crippen LogP contribution in [0.1, 0.15) is 25.0 Å². The summed E-state index contributed by atoms with van der Waals surface area (Å²) >= 11 is 0. The second-order valence-electron chi connectivity index (χ2n) is 5.28. The number of primary amides is 1. The number of nitrogens with two attached hydrogens (primary N) is 2. The molecule has 4 N–H and O–H groups in total.